The van der Waals surface area contributed by atoms with Crippen LogP contribution >= 0.6 is 23.2 Å². The lowest BCUT2D eigenvalue weighted by atomic mass is 10.0. The number of nitrogens with zero attached hydrogens (tertiary/aromatic N) is 1. The summed E-state index contributed by atoms with van der Waals surface area (Å²) in [7, 11) is 0. The molecule has 1 aromatic carbocycles. The van der Waals surface area contributed by atoms with Gasteiger partial charge in [0.25, 0.3) is 0 Å². The molecule has 0 saturated heterocycles. The lowest BCUT2D eigenvalue weighted by molar-refractivity contribution is -0.139. The van der Waals surface area contributed by atoms with Gasteiger partial charge in [0.1, 0.15) is 0 Å². The monoisotopic (exact) mass is 289 g/mol. The maximum Gasteiger partial charge on any atom is 0.317 e. The van der Waals surface area contributed by atoms with E-state index < -0.39 is 5.97 Å². The fourth-order valence-corrected chi connectivity index (χ4v) is 2.08. The van der Waals surface area contributed by atoms with Crippen LogP contribution < -0.4 is 0 Å². The molecule has 1 N–H and O–H groups in total. The molecule has 1 aromatic rings. The van der Waals surface area contributed by atoms with E-state index in [1.54, 1.807) is 18.2 Å². The second-order valence-corrected chi connectivity index (χ2v) is 5.94. The Kier molecular flexibility index (Phi) is 5.02. The van der Waals surface area contributed by atoms with Crippen molar-refractivity contribution in [3.8, 4) is 0 Å². The Morgan fingerprint density at radius 3 is 2.17 bits per heavy atom. The van der Waals surface area contributed by atoms with Crippen LogP contribution in [0.15, 0.2) is 18.2 Å². The summed E-state index contributed by atoms with van der Waals surface area (Å²) in [6.45, 7) is 6.24. The van der Waals surface area contributed by atoms with Gasteiger partial charge in [-0.25, -0.2) is 0 Å². The minimum atomic E-state index is -0.867. The van der Waals surface area contributed by atoms with Gasteiger partial charge in [0.05, 0.1) is 6.54 Å². The Labute approximate surface area is 117 Å². The quantitative estimate of drug-likeness (QED) is 0.919. The van der Waals surface area contributed by atoms with Gasteiger partial charge in [-0.2, -0.15) is 0 Å². The van der Waals surface area contributed by atoms with Crippen LogP contribution in [0, 0.1) is 0 Å². The number of rotatable bonds is 4. The summed E-state index contributed by atoms with van der Waals surface area (Å²) >= 11 is 12.2. The number of aliphatic carboxylic acids is 1. The number of hydrogen-bond donors (Lipinski definition) is 1. The first kappa shape index (κ1) is 15.3. The maximum absolute atomic E-state index is 10.9. The molecule has 0 aliphatic carbocycles. The first-order chi connectivity index (χ1) is 8.21. The van der Waals surface area contributed by atoms with Gasteiger partial charge in [0, 0.05) is 27.7 Å². The van der Waals surface area contributed by atoms with Crippen molar-refractivity contribution in [2.24, 2.45) is 0 Å². The lowest BCUT2D eigenvalue weighted by Crippen LogP contribution is -2.43. The maximum atomic E-state index is 10.9. The number of carboxylic acid groups (broad SMARTS) is 1. The summed E-state index contributed by atoms with van der Waals surface area (Å²) in [5.41, 5.74) is 0.484. The first-order valence-electron chi connectivity index (χ1n) is 5.61. The highest BCUT2D eigenvalue weighted by atomic mass is 35.5. The smallest absolute Gasteiger partial charge is 0.317 e. The molecule has 5 heteroatoms. The van der Waals surface area contributed by atoms with Gasteiger partial charge in [-0.1, -0.05) is 29.3 Å². The molecular weight excluding hydrogens is 273 g/mol. The van der Waals surface area contributed by atoms with Crippen molar-refractivity contribution in [1.29, 1.82) is 0 Å². The summed E-state index contributed by atoms with van der Waals surface area (Å²) in [5, 5.41) is 10.1. The fraction of sp³-hybridized carbons (Fsp3) is 0.462. The summed E-state index contributed by atoms with van der Waals surface area (Å²) < 4.78 is 0. The van der Waals surface area contributed by atoms with Gasteiger partial charge < -0.3 is 5.11 Å². The predicted molar refractivity (Wildman–Crippen MR) is 74.3 cm³/mol. The highest BCUT2D eigenvalue weighted by molar-refractivity contribution is 6.35. The van der Waals surface area contributed by atoms with E-state index >= 15 is 0 Å². The molecule has 0 aliphatic heterocycles. The molecule has 0 aliphatic rings. The molecular formula is C13H17Cl2NO2. The molecule has 0 atom stereocenters. The van der Waals surface area contributed by atoms with Crippen LogP contribution in [0.4, 0.5) is 0 Å². The first-order valence-corrected chi connectivity index (χ1v) is 6.37. The highest BCUT2D eigenvalue weighted by Crippen LogP contribution is 2.28. The molecule has 100 valence electrons. The average Bonchev–Trinajstić information content (AvgIpc) is 2.20. The largest absolute Gasteiger partial charge is 0.480 e. The third kappa shape index (κ3) is 4.16. The SMILES string of the molecule is CC(C)(C)N(CC(=O)O)Cc1c(Cl)cccc1Cl. The van der Waals surface area contributed by atoms with Crippen LogP contribution in [0.3, 0.4) is 0 Å². The molecule has 0 aromatic heterocycles. The summed E-state index contributed by atoms with van der Waals surface area (Å²) in [4.78, 5) is 12.7. The minimum Gasteiger partial charge on any atom is -0.480 e. The normalized spacial score (nSPS) is 11.9. The van der Waals surface area contributed by atoms with E-state index in [1.165, 1.54) is 0 Å². The van der Waals surface area contributed by atoms with Crippen molar-refractivity contribution in [3.63, 3.8) is 0 Å². The number of hydrogen-bond acceptors (Lipinski definition) is 2. The van der Waals surface area contributed by atoms with Gasteiger partial charge in [0.2, 0.25) is 0 Å². The number of halogens is 2. The average molecular weight is 290 g/mol. The minimum absolute atomic E-state index is 0.0505. The van der Waals surface area contributed by atoms with E-state index in [-0.39, 0.29) is 12.1 Å². The van der Waals surface area contributed by atoms with E-state index in [2.05, 4.69) is 0 Å². The number of carbonyl (C=O) groups is 1. The third-order valence-electron chi connectivity index (χ3n) is 2.69. The molecule has 0 spiro atoms. The van der Waals surface area contributed by atoms with Crippen LogP contribution in [0.25, 0.3) is 0 Å². The van der Waals surface area contributed by atoms with Gasteiger partial charge in [-0.15, -0.1) is 0 Å². The summed E-state index contributed by atoms with van der Waals surface area (Å²) in [6, 6.07) is 5.28. The van der Waals surface area contributed by atoms with Crippen molar-refractivity contribution >= 4 is 29.2 Å². The van der Waals surface area contributed by atoms with E-state index in [0.717, 1.165) is 5.56 Å². The van der Waals surface area contributed by atoms with Crippen molar-refractivity contribution < 1.29 is 9.90 Å². The Hall–Kier alpha value is -0.770. The van der Waals surface area contributed by atoms with E-state index in [4.69, 9.17) is 28.3 Å². The number of benzene rings is 1. The number of carboxylic acids is 1. The van der Waals surface area contributed by atoms with Gasteiger partial charge >= 0.3 is 5.97 Å². The summed E-state index contributed by atoms with van der Waals surface area (Å²) in [5.74, 6) is -0.867. The Morgan fingerprint density at radius 2 is 1.78 bits per heavy atom. The highest BCUT2D eigenvalue weighted by Gasteiger charge is 2.25. The Balaban J connectivity index is 3.00. The zero-order valence-corrected chi connectivity index (χ0v) is 12.2. The van der Waals surface area contributed by atoms with Crippen LogP contribution in [0.1, 0.15) is 26.3 Å². The topological polar surface area (TPSA) is 40.5 Å². The van der Waals surface area contributed by atoms with Crippen LogP contribution in [-0.2, 0) is 11.3 Å². The fourth-order valence-electron chi connectivity index (χ4n) is 1.57. The zero-order chi connectivity index (χ0) is 13.9. The van der Waals surface area contributed by atoms with Gasteiger partial charge in [-0.3, -0.25) is 9.69 Å². The van der Waals surface area contributed by atoms with Crippen molar-refractivity contribution in [2.75, 3.05) is 6.54 Å². The summed E-state index contributed by atoms with van der Waals surface area (Å²) in [6.07, 6.45) is 0. The molecule has 0 fully saturated rings. The Bertz CT molecular complexity index is 421. The second kappa shape index (κ2) is 5.91. The van der Waals surface area contributed by atoms with Crippen molar-refractivity contribution in [2.45, 2.75) is 32.9 Å². The third-order valence-corrected chi connectivity index (χ3v) is 3.39. The van der Waals surface area contributed by atoms with Crippen LogP contribution in [0.2, 0.25) is 10.0 Å². The second-order valence-electron chi connectivity index (χ2n) is 5.12. The molecule has 0 heterocycles. The molecule has 1 rings (SSSR count). The predicted octanol–water partition coefficient (Wildman–Crippen LogP) is 3.68. The zero-order valence-electron chi connectivity index (χ0n) is 10.7. The van der Waals surface area contributed by atoms with Gasteiger partial charge in [0.15, 0.2) is 0 Å². The lowest BCUT2D eigenvalue weighted by Gasteiger charge is -2.34. The van der Waals surface area contributed by atoms with E-state index in [0.29, 0.717) is 16.6 Å². The standard InChI is InChI=1S/C13H17Cl2NO2/c1-13(2,3)16(8-12(17)18)7-9-10(14)5-4-6-11(9)15/h4-6H,7-8H2,1-3H3,(H,17,18). The van der Waals surface area contributed by atoms with Crippen molar-refractivity contribution in [1.82, 2.24) is 4.90 Å². The molecule has 3 nitrogen and oxygen atoms in total. The van der Waals surface area contributed by atoms with Crippen molar-refractivity contribution in [3.05, 3.63) is 33.8 Å². The molecule has 0 saturated carbocycles. The van der Waals surface area contributed by atoms with Gasteiger partial charge in [-0.05, 0) is 32.9 Å². The molecule has 0 radical (unpaired) electrons. The molecule has 0 bridgehead atoms. The molecule has 18 heavy (non-hydrogen) atoms. The van der Waals surface area contributed by atoms with E-state index in [1.807, 2.05) is 25.7 Å². The molecule has 0 unspecified atom stereocenters. The van der Waals surface area contributed by atoms with E-state index in [9.17, 15) is 4.79 Å². The Morgan fingerprint density at radius 1 is 1.28 bits per heavy atom. The molecule has 0 amide bonds. The van der Waals surface area contributed by atoms with Crippen LogP contribution in [0.5, 0.6) is 0 Å². The van der Waals surface area contributed by atoms with Crippen LogP contribution in [-0.4, -0.2) is 28.1 Å².